The Morgan fingerprint density at radius 1 is 1.12 bits per heavy atom. The van der Waals surface area contributed by atoms with Crippen molar-refractivity contribution in [2.45, 2.75) is 24.8 Å². The summed E-state index contributed by atoms with van der Waals surface area (Å²) in [6, 6.07) is 5.31. The van der Waals surface area contributed by atoms with E-state index in [1.54, 1.807) is 19.1 Å². The topological polar surface area (TPSA) is 79.0 Å². The number of nitrogens with zero attached hydrogens (tertiary/aromatic N) is 2. The summed E-state index contributed by atoms with van der Waals surface area (Å²) < 4.78 is 58.6. The normalized spacial score (nSPS) is 16.6. The lowest BCUT2D eigenvalue weighted by Gasteiger charge is -2.36. The van der Waals surface area contributed by atoms with Crippen molar-refractivity contribution in [1.29, 1.82) is 0 Å². The van der Waals surface area contributed by atoms with Crippen LogP contribution in [0, 0.1) is 18.6 Å². The first-order valence-corrected chi connectivity index (χ1v) is 11.7. The third-order valence-electron chi connectivity index (χ3n) is 5.47. The summed E-state index contributed by atoms with van der Waals surface area (Å²) in [6.07, 6.45) is 0. The summed E-state index contributed by atoms with van der Waals surface area (Å²) in [5.74, 6) is -2.17. The number of carbonyl (C=O) groups excluding carboxylic acids is 1. The van der Waals surface area contributed by atoms with Crippen molar-refractivity contribution in [2.24, 2.45) is 0 Å². The number of rotatable bonds is 6. The van der Waals surface area contributed by atoms with E-state index in [9.17, 15) is 22.0 Å². The average Bonchev–Trinajstić information content (AvgIpc) is 2.77. The number of aryl methyl sites for hydroxylation is 1. The highest BCUT2D eigenvalue weighted by molar-refractivity contribution is 7.89. The van der Waals surface area contributed by atoms with E-state index in [0.717, 1.165) is 17.7 Å². The molecule has 0 bridgehead atoms. The lowest BCUT2D eigenvalue weighted by atomic mass is 10.1. The number of halogens is 3. The highest BCUT2D eigenvalue weighted by atomic mass is 35.5. The first kappa shape index (κ1) is 24.4. The van der Waals surface area contributed by atoms with Gasteiger partial charge in [-0.1, -0.05) is 11.6 Å². The largest absolute Gasteiger partial charge is 0.495 e. The number of nitrogens with one attached hydrogen (secondary N) is 1. The van der Waals surface area contributed by atoms with Gasteiger partial charge in [0.25, 0.3) is 0 Å². The van der Waals surface area contributed by atoms with Crippen LogP contribution < -0.4 is 10.1 Å². The van der Waals surface area contributed by atoms with E-state index in [1.807, 2.05) is 11.8 Å². The number of carbonyl (C=O) groups is 1. The minimum atomic E-state index is -3.97. The van der Waals surface area contributed by atoms with Crippen molar-refractivity contribution in [3.63, 3.8) is 0 Å². The van der Waals surface area contributed by atoms with Gasteiger partial charge in [0.15, 0.2) is 11.6 Å². The summed E-state index contributed by atoms with van der Waals surface area (Å²) in [6.45, 7) is 4.37. The number of sulfonamides is 1. The summed E-state index contributed by atoms with van der Waals surface area (Å²) in [5, 5.41) is 3.35. The maximum absolute atomic E-state index is 13.5. The number of ether oxygens (including phenoxy) is 1. The Morgan fingerprint density at radius 3 is 2.38 bits per heavy atom. The molecule has 1 atom stereocenters. The van der Waals surface area contributed by atoms with Crippen LogP contribution in [-0.4, -0.2) is 62.9 Å². The van der Waals surface area contributed by atoms with Crippen LogP contribution >= 0.6 is 11.6 Å². The maximum Gasteiger partial charge on any atom is 0.243 e. The number of piperazine rings is 1. The minimum Gasteiger partial charge on any atom is -0.495 e. The van der Waals surface area contributed by atoms with Gasteiger partial charge in [0, 0.05) is 37.3 Å². The second-order valence-corrected chi connectivity index (χ2v) is 9.83. The van der Waals surface area contributed by atoms with Crippen LogP contribution in [0.15, 0.2) is 35.2 Å². The van der Waals surface area contributed by atoms with Crippen molar-refractivity contribution in [3.05, 3.63) is 52.6 Å². The van der Waals surface area contributed by atoms with Gasteiger partial charge in [0.05, 0.1) is 23.7 Å². The van der Waals surface area contributed by atoms with Crippen LogP contribution in [0.4, 0.5) is 14.5 Å². The smallest absolute Gasteiger partial charge is 0.243 e. The maximum atomic E-state index is 13.5. The van der Waals surface area contributed by atoms with E-state index in [4.69, 9.17) is 16.3 Å². The Hall–Kier alpha value is -2.27. The summed E-state index contributed by atoms with van der Waals surface area (Å²) in [4.78, 5) is 14.3. The molecule has 3 rings (SSSR count). The zero-order valence-electron chi connectivity index (χ0n) is 17.9. The van der Waals surface area contributed by atoms with Gasteiger partial charge >= 0.3 is 0 Å². The molecule has 0 spiro atoms. The molecule has 7 nitrogen and oxygen atoms in total. The Bertz CT molecular complexity index is 1120. The van der Waals surface area contributed by atoms with E-state index < -0.39 is 27.7 Å². The predicted octanol–water partition coefficient (Wildman–Crippen LogP) is 3.27. The molecule has 0 radical (unpaired) electrons. The number of hydrogen-bond acceptors (Lipinski definition) is 5. The molecule has 2 aromatic rings. The second kappa shape index (κ2) is 9.70. The van der Waals surface area contributed by atoms with Gasteiger partial charge in [-0.25, -0.2) is 17.2 Å². The molecule has 1 aliphatic heterocycles. The molecule has 1 aliphatic rings. The molecule has 0 aliphatic carbocycles. The van der Waals surface area contributed by atoms with E-state index >= 15 is 0 Å². The zero-order chi connectivity index (χ0) is 23.6. The first-order valence-electron chi connectivity index (χ1n) is 9.89. The molecule has 11 heteroatoms. The quantitative estimate of drug-likeness (QED) is 0.676. The predicted molar refractivity (Wildman–Crippen MR) is 118 cm³/mol. The third-order valence-corrected chi connectivity index (χ3v) is 7.77. The SMILES string of the molecule is COc1cc(Cl)c(C)cc1NC(=O)C(C)N1CCN(S(=O)(=O)c2ccc(F)c(F)c2)CC1. The number of hydrogen-bond donors (Lipinski definition) is 1. The van der Waals surface area contributed by atoms with Gasteiger partial charge < -0.3 is 10.1 Å². The molecule has 1 unspecified atom stereocenters. The molecule has 1 amide bonds. The van der Waals surface area contributed by atoms with E-state index in [1.165, 1.54) is 11.4 Å². The van der Waals surface area contributed by atoms with Crippen molar-refractivity contribution < 1.29 is 26.7 Å². The average molecular weight is 488 g/mol. The van der Waals surface area contributed by atoms with Gasteiger partial charge in [-0.2, -0.15) is 4.31 Å². The third kappa shape index (κ3) is 5.03. The van der Waals surface area contributed by atoms with Crippen molar-refractivity contribution in [1.82, 2.24) is 9.21 Å². The molecular formula is C21H24ClF2N3O4S. The molecule has 32 heavy (non-hydrogen) atoms. The van der Waals surface area contributed by atoms with E-state index in [-0.39, 0.29) is 23.9 Å². The number of amides is 1. The molecular weight excluding hydrogens is 464 g/mol. The van der Waals surface area contributed by atoms with Gasteiger partial charge in [-0.05, 0) is 43.7 Å². The van der Waals surface area contributed by atoms with Crippen molar-refractivity contribution in [3.8, 4) is 5.75 Å². The standard InChI is InChI=1S/C21H24ClF2N3O4S/c1-13-10-19(20(31-3)12-16(13)22)25-21(28)14(2)26-6-8-27(9-7-26)32(29,30)15-4-5-17(23)18(24)11-15/h4-5,10-12,14H,6-9H2,1-3H3,(H,25,28). The van der Waals surface area contributed by atoms with Crippen LogP contribution in [0.2, 0.25) is 5.02 Å². The van der Waals surface area contributed by atoms with Crippen LogP contribution in [0.1, 0.15) is 12.5 Å². The zero-order valence-corrected chi connectivity index (χ0v) is 19.4. The first-order chi connectivity index (χ1) is 15.0. The van der Waals surface area contributed by atoms with E-state index in [0.29, 0.717) is 35.6 Å². The van der Waals surface area contributed by atoms with Gasteiger partial charge in [0.2, 0.25) is 15.9 Å². The highest BCUT2D eigenvalue weighted by Crippen LogP contribution is 2.31. The molecule has 1 fully saturated rings. The molecule has 1 heterocycles. The Morgan fingerprint density at radius 2 is 1.78 bits per heavy atom. The van der Waals surface area contributed by atoms with Crippen molar-refractivity contribution >= 4 is 33.2 Å². The molecule has 174 valence electrons. The van der Waals surface area contributed by atoms with Crippen LogP contribution in [0.25, 0.3) is 0 Å². The highest BCUT2D eigenvalue weighted by Gasteiger charge is 2.32. The van der Waals surface area contributed by atoms with E-state index in [2.05, 4.69) is 5.32 Å². The van der Waals surface area contributed by atoms with Gasteiger partial charge in [0.1, 0.15) is 5.75 Å². The molecule has 0 saturated carbocycles. The Balaban J connectivity index is 1.65. The summed E-state index contributed by atoms with van der Waals surface area (Å²) >= 11 is 6.10. The van der Waals surface area contributed by atoms with Crippen molar-refractivity contribution in [2.75, 3.05) is 38.6 Å². The lowest BCUT2D eigenvalue weighted by molar-refractivity contribution is -0.121. The summed E-state index contributed by atoms with van der Waals surface area (Å²) in [5.41, 5.74) is 1.28. The molecule has 1 N–H and O–H groups in total. The Kier molecular flexibility index (Phi) is 7.39. The van der Waals surface area contributed by atoms with Crippen LogP contribution in [-0.2, 0) is 14.8 Å². The van der Waals surface area contributed by atoms with Crippen LogP contribution in [0.3, 0.4) is 0 Å². The minimum absolute atomic E-state index is 0.113. The summed E-state index contributed by atoms with van der Waals surface area (Å²) in [7, 11) is -2.49. The van der Waals surface area contributed by atoms with Crippen LogP contribution in [0.5, 0.6) is 5.75 Å². The molecule has 1 saturated heterocycles. The van der Waals surface area contributed by atoms with Gasteiger partial charge in [-0.15, -0.1) is 0 Å². The fourth-order valence-electron chi connectivity index (χ4n) is 3.45. The lowest BCUT2D eigenvalue weighted by Crippen LogP contribution is -2.53. The van der Waals surface area contributed by atoms with Gasteiger partial charge in [-0.3, -0.25) is 9.69 Å². The fraction of sp³-hybridized carbons (Fsp3) is 0.381. The Labute approximate surface area is 191 Å². The second-order valence-electron chi connectivity index (χ2n) is 7.48. The number of methoxy groups -OCH3 is 1. The number of benzene rings is 2. The fourth-order valence-corrected chi connectivity index (χ4v) is 5.04. The molecule has 2 aromatic carbocycles. The monoisotopic (exact) mass is 487 g/mol. The molecule has 0 aromatic heterocycles. The number of anilines is 1.